The van der Waals surface area contributed by atoms with Gasteiger partial charge in [-0.1, -0.05) is 6.07 Å². The molecule has 1 aromatic carbocycles. The van der Waals surface area contributed by atoms with Gasteiger partial charge in [0.2, 0.25) is 0 Å². The lowest BCUT2D eigenvalue weighted by molar-refractivity contribution is 0.00949. The number of aromatic nitrogens is 1. The summed E-state index contributed by atoms with van der Waals surface area (Å²) in [5, 5.41) is 11.3. The highest BCUT2D eigenvalue weighted by molar-refractivity contribution is 7.11. The summed E-state index contributed by atoms with van der Waals surface area (Å²) in [6, 6.07) is 5.62. The Balaban J connectivity index is 1.84. The maximum Gasteiger partial charge on any atom is 0.140 e. The molecule has 1 aliphatic heterocycles. The minimum atomic E-state index is -0.571. The first-order valence-corrected chi connectivity index (χ1v) is 7.80. The molecule has 1 aromatic heterocycles. The Hall–Kier alpha value is -1.59. The summed E-state index contributed by atoms with van der Waals surface area (Å²) in [6.07, 6.45) is 1.82. The molecule has 1 atom stereocenters. The van der Waals surface area contributed by atoms with Crippen molar-refractivity contribution < 1.29 is 14.6 Å². The van der Waals surface area contributed by atoms with Gasteiger partial charge in [0.1, 0.15) is 28.7 Å². The van der Waals surface area contributed by atoms with Crippen molar-refractivity contribution in [3.8, 4) is 11.5 Å². The first kappa shape index (κ1) is 14.4. The van der Waals surface area contributed by atoms with Crippen LogP contribution in [0.4, 0.5) is 0 Å². The van der Waals surface area contributed by atoms with Crippen molar-refractivity contribution in [1.29, 1.82) is 0 Å². The molecule has 0 amide bonds. The highest BCUT2D eigenvalue weighted by atomic mass is 32.1. The summed E-state index contributed by atoms with van der Waals surface area (Å²) in [7, 11) is 0. The Kier molecular flexibility index (Phi) is 3.63. The van der Waals surface area contributed by atoms with Crippen LogP contribution >= 0.6 is 11.3 Å². The molecule has 1 aliphatic rings. The highest BCUT2D eigenvalue weighted by Crippen LogP contribution is 2.44. The first-order valence-electron chi connectivity index (χ1n) is 6.99. The lowest BCUT2D eigenvalue weighted by atomic mass is 9.91. The van der Waals surface area contributed by atoms with Crippen LogP contribution in [-0.4, -0.2) is 15.7 Å². The fraction of sp³-hybridized carbons (Fsp3) is 0.438. The van der Waals surface area contributed by atoms with Crippen molar-refractivity contribution in [2.45, 2.75) is 45.5 Å². The second-order valence-electron chi connectivity index (χ2n) is 5.90. The van der Waals surface area contributed by atoms with Crippen LogP contribution in [0, 0.1) is 6.92 Å². The van der Waals surface area contributed by atoms with Crippen LogP contribution in [0.25, 0.3) is 0 Å². The van der Waals surface area contributed by atoms with E-state index in [0.29, 0.717) is 24.5 Å². The minimum Gasteiger partial charge on any atom is -0.487 e. The van der Waals surface area contributed by atoms with Gasteiger partial charge < -0.3 is 14.6 Å². The number of ether oxygens (including phenoxy) is 2. The molecule has 21 heavy (non-hydrogen) atoms. The van der Waals surface area contributed by atoms with Crippen LogP contribution in [0.5, 0.6) is 11.5 Å². The quantitative estimate of drug-likeness (QED) is 0.941. The van der Waals surface area contributed by atoms with E-state index in [-0.39, 0.29) is 5.60 Å². The summed E-state index contributed by atoms with van der Waals surface area (Å²) in [6.45, 7) is 6.38. The first-order chi connectivity index (χ1) is 9.94. The van der Waals surface area contributed by atoms with Gasteiger partial charge in [-0.2, -0.15) is 0 Å². The fourth-order valence-electron chi connectivity index (χ4n) is 2.58. The number of fused-ring (bicyclic) bond motifs is 1. The van der Waals surface area contributed by atoms with Crippen LogP contribution in [0.1, 0.15) is 41.8 Å². The molecule has 0 saturated heterocycles. The van der Waals surface area contributed by atoms with E-state index in [9.17, 15) is 5.11 Å². The number of aliphatic hydroxyl groups is 1. The Morgan fingerprint density at radius 2 is 2.29 bits per heavy atom. The second-order valence-corrected chi connectivity index (χ2v) is 7.22. The smallest absolute Gasteiger partial charge is 0.140 e. The molecule has 0 saturated carbocycles. The van der Waals surface area contributed by atoms with E-state index in [1.54, 1.807) is 11.3 Å². The number of benzene rings is 1. The maximum absolute atomic E-state index is 10.4. The van der Waals surface area contributed by atoms with Crippen molar-refractivity contribution >= 4 is 11.3 Å². The Labute approximate surface area is 128 Å². The standard InChI is InChI=1S/C16H19NO3S/c1-10-8-17-14(21-10)9-19-12-5-4-6-13-15(12)11(18)7-16(2,3)20-13/h4-6,8,11,18H,7,9H2,1-3H3/t11-/m0/s1. The molecule has 2 heterocycles. The number of nitrogens with zero attached hydrogens (tertiary/aromatic N) is 1. The predicted octanol–water partition coefficient (Wildman–Crippen LogP) is 3.63. The van der Waals surface area contributed by atoms with Gasteiger partial charge >= 0.3 is 0 Å². The van der Waals surface area contributed by atoms with E-state index in [4.69, 9.17) is 9.47 Å². The Morgan fingerprint density at radius 3 is 3.00 bits per heavy atom. The third-order valence-corrected chi connectivity index (χ3v) is 4.34. The number of hydrogen-bond donors (Lipinski definition) is 1. The third kappa shape index (κ3) is 3.04. The average Bonchev–Trinajstić information content (AvgIpc) is 2.80. The predicted molar refractivity (Wildman–Crippen MR) is 81.9 cm³/mol. The summed E-state index contributed by atoms with van der Waals surface area (Å²) < 4.78 is 11.8. The van der Waals surface area contributed by atoms with Crippen LogP contribution in [0.2, 0.25) is 0 Å². The monoisotopic (exact) mass is 305 g/mol. The van der Waals surface area contributed by atoms with Gasteiger partial charge in [-0.05, 0) is 32.9 Å². The topological polar surface area (TPSA) is 51.6 Å². The highest BCUT2D eigenvalue weighted by Gasteiger charge is 2.34. The van der Waals surface area contributed by atoms with Gasteiger partial charge in [0, 0.05) is 17.5 Å². The van der Waals surface area contributed by atoms with Crippen molar-refractivity contribution in [2.24, 2.45) is 0 Å². The molecule has 1 N–H and O–H groups in total. The summed E-state index contributed by atoms with van der Waals surface area (Å²) >= 11 is 1.62. The van der Waals surface area contributed by atoms with Crippen molar-refractivity contribution in [2.75, 3.05) is 0 Å². The zero-order valence-corrected chi connectivity index (χ0v) is 13.2. The van der Waals surface area contributed by atoms with E-state index in [0.717, 1.165) is 15.4 Å². The van der Waals surface area contributed by atoms with Gasteiger partial charge in [0.05, 0.1) is 11.7 Å². The molecule has 112 valence electrons. The van der Waals surface area contributed by atoms with Crippen LogP contribution in [-0.2, 0) is 6.61 Å². The third-order valence-electron chi connectivity index (χ3n) is 3.45. The van der Waals surface area contributed by atoms with Crippen molar-refractivity contribution in [3.05, 3.63) is 39.8 Å². The Bertz CT molecular complexity index is 651. The van der Waals surface area contributed by atoms with E-state index in [2.05, 4.69) is 4.98 Å². The van der Waals surface area contributed by atoms with Crippen LogP contribution < -0.4 is 9.47 Å². The molecular formula is C16H19NO3S. The molecular weight excluding hydrogens is 286 g/mol. The average molecular weight is 305 g/mol. The molecule has 0 fully saturated rings. The summed E-state index contributed by atoms with van der Waals surface area (Å²) in [4.78, 5) is 5.45. The van der Waals surface area contributed by atoms with Gasteiger partial charge in [-0.3, -0.25) is 0 Å². The number of aryl methyl sites for hydroxylation is 1. The molecule has 5 heteroatoms. The van der Waals surface area contributed by atoms with E-state index >= 15 is 0 Å². The molecule has 3 rings (SSSR count). The molecule has 0 radical (unpaired) electrons. The minimum absolute atomic E-state index is 0.364. The Morgan fingerprint density at radius 1 is 1.48 bits per heavy atom. The van der Waals surface area contributed by atoms with E-state index in [1.807, 2.05) is 45.2 Å². The number of hydrogen-bond acceptors (Lipinski definition) is 5. The molecule has 0 bridgehead atoms. The second kappa shape index (κ2) is 5.31. The van der Waals surface area contributed by atoms with Gasteiger partial charge in [0.25, 0.3) is 0 Å². The molecule has 0 spiro atoms. The molecule has 0 unspecified atom stereocenters. The van der Waals surface area contributed by atoms with Gasteiger partial charge in [-0.25, -0.2) is 4.98 Å². The SMILES string of the molecule is Cc1cnc(COc2cccc3c2[C@@H](O)CC(C)(C)O3)s1. The lowest BCUT2D eigenvalue weighted by Gasteiger charge is -2.36. The zero-order chi connectivity index (χ0) is 15.0. The van der Waals surface area contributed by atoms with Crippen LogP contribution in [0.15, 0.2) is 24.4 Å². The maximum atomic E-state index is 10.4. The van der Waals surface area contributed by atoms with Crippen molar-refractivity contribution in [1.82, 2.24) is 4.98 Å². The fourth-order valence-corrected chi connectivity index (χ4v) is 3.28. The summed E-state index contributed by atoms with van der Waals surface area (Å²) in [5.74, 6) is 1.37. The summed E-state index contributed by atoms with van der Waals surface area (Å²) in [5.41, 5.74) is 0.377. The van der Waals surface area contributed by atoms with E-state index < -0.39 is 6.10 Å². The normalized spacial score (nSPS) is 19.7. The number of thiazole rings is 1. The lowest BCUT2D eigenvalue weighted by Crippen LogP contribution is -2.35. The number of aliphatic hydroxyl groups excluding tert-OH is 1. The largest absolute Gasteiger partial charge is 0.487 e. The molecule has 2 aromatic rings. The van der Waals surface area contributed by atoms with Gasteiger partial charge in [-0.15, -0.1) is 11.3 Å². The van der Waals surface area contributed by atoms with Crippen LogP contribution in [0.3, 0.4) is 0 Å². The number of rotatable bonds is 3. The van der Waals surface area contributed by atoms with Gasteiger partial charge in [0.15, 0.2) is 0 Å². The molecule has 0 aliphatic carbocycles. The van der Waals surface area contributed by atoms with Crippen molar-refractivity contribution in [3.63, 3.8) is 0 Å². The van der Waals surface area contributed by atoms with E-state index in [1.165, 1.54) is 0 Å². The molecule has 4 nitrogen and oxygen atoms in total. The zero-order valence-electron chi connectivity index (χ0n) is 12.4.